The van der Waals surface area contributed by atoms with Crippen molar-refractivity contribution in [1.29, 1.82) is 0 Å². The number of hydrogen-bond acceptors (Lipinski definition) is 4. The zero-order valence-corrected chi connectivity index (χ0v) is 14.4. The van der Waals surface area contributed by atoms with E-state index in [9.17, 15) is 4.79 Å². The highest BCUT2D eigenvalue weighted by Crippen LogP contribution is 2.13. The third-order valence-corrected chi connectivity index (χ3v) is 4.82. The number of nitrogens with one attached hydrogen (secondary N) is 1. The summed E-state index contributed by atoms with van der Waals surface area (Å²) in [5.41, 5.74) is 6.00. The Morgan fingerprint density at radius 1 is 1.19 bits per heavy atom. The molecule has 0 radical (unpaired) electrons. The quantitative estimate of drug-likeness (QED) is 0.728. The van der Waals surface area contributed by atoms with E-state index >= 15 is 0 Å². The van der Waals surface area contributed by atoms with Crippen molar-refractivity contribution in [2.45, 2.75) is 46.2 Å². The largest absolute Gasteiger partial charge is 0.353 e. The van der Waals surface area contributed by atoms with Crippen molar-refractivity contribution in [3.05, 3.63) is 0 Å². The summed E-state index contributed by atoms with van der Waals surface area (Å²) in [7, 11) is 2.16. The molecule has 1 aliphatic rings. The second-order valence-corrected chi connectivity index (χ2v) is 6.81. The molecule has 0 spiro atoms. The Kier molecular flexibility index (Phi) is 7.63. The first-order valence-corrected chi connectivity index (χ1v) is 8.32. The first kappa shape index (κ1) is 18.4. The Hall–Kier alpha value is -0.650. The molecule has 0 aromatic rings. The first-order chi connectivity index (χ1) is 9.86. The Balaban J connectivity index is 2.50. The standard InChI is InChI=1S/C16H34N4O/c1-6-13(4)15(17)16(21)18-11-14(12(2)3)20-9-7-19(5)8-10-20/h12-15H,6-11,17H2,1-5H3,(H,18,21)/t13?,14?,15-/m0/s1. The van der Waals surface area contributed by atoms with Gasteiger partial charge < -0.3 is 16.0 Å². The van der Waals surface area contributed by atoms with Crippen molar-refractivity contribution in [3.63, 3.8) is 0 Å². The van der Waals surface area contributed by atoms with Crippen LogP contribution in [0.4, 0.5) is 0 Å². The van der Waals surface area contributed by atoms with Crippen LogP contribution < -0.4 is 11.1 Å². The lowest BCUT2D eigenvalue weighted by Crippen LogP contribution is -2.55. The molecule has 5 heteroatoms. The van der Waals surface area contributed by atoms with E-state index in [0.29, 0.717) is 18.5 Å². The zero-order chi connectivity index (χ0) is 16.0. The minimum atomic E-state index is -0.393. The lowest BCUT2D eigenvalue weighted by atomic mass is 9.98. The minimum Gasteiger partial charge on any atom is -0.353 e. The lowest BCUT2D eigenvalue weighted by Gasteiger charge is -2.40. The van der Waals surface area contributed by atoms with Crippen LogP contribution in [0.3, 0.4) is 0 Å². The number of nitrogens with two attached hydrogens (primary N) is 1. The molecule has 1 amide bonds. The van der Waals surface area contributed by atoms with E-state index in [2.05, 4.69) is 42.9 Å². The van der Waals surface area contributed by atoms with E-state index in [0.717, 1.165) is 32.6 Å². The summed E-state index contributed by atoms with van der Waals surface area (Å²) in [6.07, 6.45) is 0.931. The Labute approximate surface area is 130 Å². The predicted octanol–water partition coefficient (Wildman–Crippen LogP) is 0.748. The van der Waals surface area contributed by atoms with Gasteiger partial charge >= 0.3 is 0 Å². The van der Waals surface area contributed by atoms with Crippen molar-refractivity contribution < 1.29 is 4.79 Å². The monoisotopic (exact) mass is 298 g/mol. The van der Waals surface area contributed by atoms with Crippen LogP contribution in [-0.2, 0) is 4.79 Å². The maximum absolute atomic E-state index is 12.1. The van der Waals surface area contributed by atoms with Gasteiger partial charge in [0, 0.05) is 38.8 Å². The van der Waals surface area contributed by atoms with Crippen LogP contribution in [0, 0.1) is 11.8 Å². The number of piperazine rings is 1. The molecule has 1 rings (SSSR count). The van der Waals surface area contributed by atoms with Gasteiger partial charge in [0.2, 0.25) is 5.91 Å². The third kappa shape index (κ3) is 5.57. The van der Waals surface area contributed by atoms with Gasteiger partial charge in [0.25, 0.3) is 0 Å². The number of carbonyl (C=O) groups is 1. The van der Waals surface area contributed by atoms with Gasteiger partial charge in [-0.15, -0.1) is 0 Å². The predicted molar refractivity (Wildman–Crippen MR) is 88.1 cm³/mol. The fourth-order valence-corrected chi connectivity index (χ4v) is 2.78. The van der Waals surface area contributed by atoms with Gasteiger partial charge in [0.1, 0.15) is 0 Å². The molecule has 0 aliphatic carbocycles. The number of hydrogen-bond donors (Lipinski definition) is 2. The summed E-state index contributed by atoms with van der Waals surface area (Å²) in [5.74, 6) is 0.740. The zero-order valence-electron chi connectivity index (χ0n) is 14.4. The minimum absolute atomic E-state index is 0.0101. The van der Waals surface area contributed by atoms with Crippen LogP contribution in [0.15, 0.2) is 0 Å². The molecule has 3 atom stereocenters. The van der Waals surface area contributed by atoms with Gasteiger partial charge in [-0.2, -0.15) is 0 Å². The fourth-order valence-electron chi connectivity index (χ4n) is 2.78. The van der Waals surface area contributed by atoms with Gasteiger partial charge in [-0.05, 0) is 18.9 Å². The molecule has 5 nitrogen and oxygen atoms in total. The summed E-state index contributed by atoms with van der Waals surface area (Å²) in [6.45, 7) is 13.6. The highest BCUT2D eigenvalue weighted by Gasteiger charge is 2.26. The van der Waals surface area contributed by atoms with Crippen LogP contribution >= 0.6 is 0 Å². The smallest absolute Gasteiger partial charge is 0.237 e. The maximum Gasteiger partial charge on any atom is 0.237 e. The number of likely N-dealkylation sites (N-methyl/N-ethyl adjacent to an activating group) is 1. The first-order valence-electron chi connectivity index (χ1n) is 8.32. The molecule has 1 saturated heterocycles. The number of carbonyl (C=O) groups excluding carboxylic acids is 1. The summed E-state index contributed by atoms with van der Waals surface area (Å²) >= 11 is 0. The van der Waals surface area contributed by atoms with E-state index in [-0.39, 0.29) is 11.8 Å². The van der Waals surface area contributed by atoms with Crippen LogP contribution in [0.25, 0.3) is 0 Å². The van der Waals surface area contributed by atoms with E-state index in [4.69, 9.17) is 5.73 Å². The summed E-state index contributed by atoms with van der Waals surface area (Å²) in [5, 5.41) is 3.07. The average molecular weight is 298 g/mol. The second-order valence-electron chi connectivity index (χ2n) is 6.81. The molecule has 21 heavy (non-hydrogen) atoms. The number of nitrogens with zero attached hydrogens (tertiary/aromatic N) is 2. The molecule has 124 valence electrons. The molecule has 2 unspecified atom stereocenters. The van der Waals surface area contributed by atoms with E-state index in [1.807, 2.05) is 6.92 Å². The molecular weight excluding hydrogens is 264 g/mol. The molecule has 0 aromatic heterocycles. The number of amides is 1. The average Bonchev–Trinajstić information content (AvgIpc) is 2.47. The van der Waals surface area contributed by atoms with Crippen molar-refractivity contribution in [3.8, 4) is 0 Å². The Bertz CT molecular complexity index is 313. The highest BCUT2D eigenvalue weighted by molar-refractivity contribution is 5.81. The van der Waals surface area contributed by atoms with Crippen LogP contribution in [0.2, 0.25) is 0 Å². The molecule has 1 fully saturated rings. The van der Waals surface area contributed by atoms with Crippen LogP contribution in [0.1, 0.15) is 34.1 Å². The summed E-state index contributed by atoms with van der Waals surface area (Å²) in [4.78, 5) is 17.0. The van der Waals surface area contributed by atoms with Crippen molar-refractivity contribution >= 4 is 5.91 Å². The van der Waals surface area contributed by atoms with Gasteiger partial charge in [-0.3, -0.25) is 9.69 Å². The SMILES string of the molecule is CCC(C)[C@H](N)C(=O)NCC(C(C)C)N1CCN(C)CC1. The Morgan fingerprint density at radius 2 is 1.76 bits per heavy atom. The molecular formula is C16H34N4O. The molecule has 0 bridgehead atoms. The van der Waals surface area contributed by atoms with E-state index < -0.39 is 6.04 Å². The molecule has 1 aliphatic heterocycles. The van der Waals surface area contributed by atoms with E-state index in [1.165, 1.54) is 0 Å². The van der Waals surface area contributed by atoms with Gasteiger partial charge in [-0.25, -0.2) is 0 Å². The fraction of sp³-hybridized carbons (Fsp3) is 0.938. The van der Waals surface area contributed by atoms with E-state index in [1.54, 1.807) is 0 Å². The van der Waals surface area contributed by atoms with Crippen molar-refractivity contribution in [2.24, 2.45) is 17.6 Å². The molecule has 0 aromatic carbocycles. The van der Waals surface area contributed by atoms with Crippen LogP contribution in [-0.4, -0.2) is 67.6 Å². The second kappa shape index (κ2) is 8.71. The molecule has 3 N–H and O–H groups in total. The Morgan fingerprint density at radius 3 is 2.24 bits per heavy atom. The third-order valence-electron chi connectivity index (χ3n) is 4.82. The van der Waals surface area contributed by atoms with Crippen molar-refractivity contribution in [1.82, 2.24) is 15.1 Å². The lowest BCUT2D eigenvalue weighted by molar-refractivity contribution is -0.123. The normalized spacial score (nSPS) is 22.0. The number of rotatable bonds is 7. The van der Waals surface area contributed by atoms with Gasteiger partial charge in [-0.1, -0.05) is 34.1 Å². The molecule has 1 heterocycles. The highest BCUT2D eigenvalue weighted by atomic mass is 16.2. The van der Waals surface area contributed by atoms with Gasteiger partial charge in [0.15, 0.2) is 0 Å². The molecule has 0 saturated carbocycles. The van der Waals surface area contributed by atoms with Crippen LogP contribution in [0.5, 0.6) is 0 Å². The topological polar surface area (TPSA) is 61.6 Å². The van der Waals surface area contributed by atoms with Crippen molar-refractivity contribution in [2.75, 3.05) is 39.8 Å². The van der Waals surface area contributed by atoms with Gasteiger partial charge in [0.05, 0.1) is 6.04 Å². The summed E-state index contributed by atoms with van der Waals surface area (Å²) < 4.78 is 0. The maximum atomic E-state index is 12.1. The summed E-state index contributed by atoms with van der Waals surface area (Å²) in [6, 6.07) is 0.00193.